The highest BCUT2D eigenvalue weighted by Crippen LogP contribution is 2.13. The zero-order valence-corrected chi connectivity index (χ0v) is 10.00. The summed E-state index contributed by atoms with van der Waals surface area (Å²) >= 11 is 0. The summed E-state index contributed by atoms with van der Waals surface area (Å²) < 4.78 is 15.5. The molecule has 2 rings (SSSR count). The summed E-state index contributed by atoms with van der Waals surface area (Å²) in [5.41, 5.74) is 0.471. The van der Waals surface area contributed by atoms with Crippen LogP contribution in [0.25, 0.3) is 0 Å². The number of Topliss-reactive ketones (excluding diaryl/α,β-unsaturated/α-hetero) is 1. The second-order valence-electron chi connectivity index (χ2n) is 3.96. The monoisotopic (exact) mass is 250 g/mol. The third kappa shape index (κ3) is 3.15. The van der Waals surface area contributed by atoms with Crippen LogP contribution in [0.2, 0.25) is 0 Å². The quantitative estimate of drug-likeness (QED) is 0.751. The molecule has 1 heterocycles. The third-order valence-corrected chi connectivity index (χ3v) is 2.56. The zero-order valence-electron chi connectivity index (χ0n) is 10.00. The Morgan fingerprint density at radius 2 is 2.06 bits per heavy atom. The van der Waals surface area contributed by atoms with E-state index in [4.69, 9.17) is 14.2 Å². The van der Waals surface area contributed by atoms with Crippen LogP contribution in [0.15, 0.2) is 30.3 Å². The first-order chi connectivity index (χ1) is 8.66. The maximum absolute atomic E-state index is 11.6. The van der Waals surface area contributed by atoms with Crippen LogP contribution in [0.5, 0.6) is 0 Å². The molecule has 0 bridgehead atoms. The Balaban J connectivity index is 1.79. The molecule has 1 saturated heterocycles. The average Bonchev–Trinajstić information content (AvgIpc) is 2.86. The van der Waals surface area contributed by atoms with E-state index in [1.165, 1.54) is 6.92 Å². The van der Waals surface area contributed by atoms with E-state index in [2.05, 4.69) is 0 Å². The number of ether oxygens (including phenoxy) is 3. The molecule has 0 saturated carbocycles. The van der Waals surface area contributed by atoms with E-state index in [1.54, 1.807) is 24.3 Å². The van der Waals surface area contributed by atoms with Gasteiger partial charge in [-0.25, -0.2) is 4.79 Å². The zero-order chi connectivity index (χ0) is 13.0. The number of ketones is 1. The Labute approximate surface area is 105 Å². The van der Waals surface area contributed by atoms with Crippen molar-refractivity contribution in [2.75, 3.05) is 13.2 Å². The lowest BCUT2D eigenvalue weighted by Crippen LogP contribution is -2.23. The lowest BCUT2D eigenvalue weighted by Gasteiger charge is -2.10. The molecule has 1 aromatic rings. The fourth-order valence-electron chi connectivity index (χ4n) is 1.56. The van der Waals surface area contributed by atoms with Gasteiger partial charge in [0.25, 0.3) is 0 Å². The topological polar surface area (TPSA) is 61.8 Å². The first kappa shape index (κ1) is 12.7. The van der Waals surface area contributed by atoms with Gasteiger partial charge in [0.05, 0.1) is 12.2 Å². The highest BCUT2D eigenvalue weighted by Gasteiger charge is 2.30. The van der Waals surface area contributed by atoms with Gasteiger partial charge in [0.15, 0.2) is 12.1 Å². The van der Waals surface area contributed by atoms with Crippen LogP contribution in [0.1, 0.15) is 17.3 Å². The Hall–Kier alpha value is -1.72. The summed E-state index contributed by atoms with van der Waals surface area (Å²) in [7, 11) is 0. The molecule has 96 valence electrons. The van der Waals surface area contributed by atoms with E-state index in [-0.39, 0.29) is 19.0 Å². The second kappa shape index (κ2) is 5.75. The van der Waals surface area contributed by atoms with Gasteiger partial charge in [-0.1, -0.05) is 18.2 Å². The van der Waals surface area contributed by atoms with Crippen LogP contribution < -0.4 is 0 Å². The summed E-state index contributed by atoms with van der Waals surface area (Å²) in [5.74, 6) is -0.527. The Morgan fingerprint density at radius 3 is 2.67 bits per heavy atom. The fourth-order valence-corrected chi connectivity index (χ4v) is 1.56. The van der Waals surface area contributed by atoms with Crippen LogP contribution in [0.4, 0.5) is 0 Å². The van der Waals surface area contributed by atoms with Gasteiger partial charge in [0.2, 0.25) is 0 Å². The molecule has 5 heteroatoms. The molecular formula is C13H14O5. The smallest absolute Gasteiger partial charge is 0.338 e. The predicted molar refractivity (Wildman–Crippen MR) is 62.0 cm³/mol. The molecule has 0 spiro atoms. The summed E-state index contributed by atoms with van der Waals surface area (Å²) in [5, 5.41) is 0. The van der Waals surface area contributed by atoms with Gasteiger partial charge in [0, 0.05) is 0 Å². The van der Waals surface area contributed by atoms with Gasteiger partial charge < -0.3 is 14.2 Å². The van der Waals surface area contributed by atoms with E-state index >= 15 is 0 Å². The lowest BCUT2D eigenvalue weighted by molar-refractivity contribution is -0.132. The molecule has 5 nitrogen and oxygen atoms in total. The average molecular weight is 250 g/mol. The number of esters is 1. The third-order valence-electron chi connectivity index (χ3n) is 2.56. The molecule has 1 aromatic carbocycles. The summed E-state index contributed by atoms with van der Waals surface area (Å²) in [6.45, 7) is 1.63. The van der Waals surface area contributed by atoms with Crippen LogP contribution in [-0.4, -0.2) is 37.4 Å². The van der Waals surface area contributed by atoms with Crippen molar-refractivity contribution in [2.24, 2.45) is 0 Å². The van der Waals surface area contributed by atoms with E-state index in [9.17, 15) is 9.59 Å². The van der Waals surface area contributed by atoms with E-state index in [1.807, 2.05) is 6.07 Å². The van der Waals surface area contributed by atoms with Crippen LogP contribution in [-0.2, 0) is 19.0 Å². The number of benzene rings is 1. The number of hydrogen-bond acceptors (Lipinski definition) is 5. The highest BCUT2D eigenvalue weighted by molar-refractivity contribution is 5.89. The summed E-state index contributed by atoms with van der Waals surface area (Å²) in [6.07, 6.45) is -1.21. The molecule has 0 N–H and O–H groups in total. The van der Waals surface area contributed by atoms with Crippen molar-refractivity contribution in [3.05, 3.63) is 35.9 Å². The lowest BCUT2D eigenvalue weighted by atomic mass is 10.2. The SMILES string of the molecule is CC(=O)[C@@H]1CO[C@@H](COC(=O)c2ccccc2)O1. The number of hydrogen-bond donors (Lipinski definition) is 0. The van der Waals surface area contributed by atoms with Gasteiger partial charge in [-0.05, 0) is 19.1 Å². The van der Waals surface area contributed by atoms with Gasteiger partial charge >= 0.3 is 5.97 Å². The van der Waals surface area contributed by atoms with Crippen molar-refractivity contribution >= 4 is 11.8 Å². The molecular weight excluding hydrogens is 236 g/mol. The summed E-state index contributed by atoms with van der Waals surface area (Å²) in [4.78, 5) is 22.7. The minimum atomic E-state index is -0.661. The van der Waals surface area contributed by atoms with Crippen molar-refractivity contribution in [1.29, 1.82) is 0 Å². The molecule has 0 radical (unpaired) electrons. The molecule has 0 unspecified atom stereocenters. The van der Waals surface area contributed by atoms with Crippen LogP contribution in [0, 0.1) is 0 Å². The molecule has 18 heavy (non-hydrogen) atoms. The molecule has 0 aromatic heterocycles. The van der Waals surface area contributed by atoms with Crippen molar-refractivity contribution in [2.45, 2.75) is 19.3 Å². The first-order valence-electron chi connectivity index (χ1n) is 5.66. The van der Waals surface area contributed by atoms with Gasteiger partial charge in [-0.15, -0.1) is 0 Å². The van der Waals surface area contributed by atoms with E-state index in [0.29, 0.717) is 5.56 Å². The number of rotatable bonds is 4. The van der Waals surface area contributed by atoms with Crippen molar-refractivity contribution in [1.82, 2.24) is 0 Å². The Bertz CT molecular complexity index is 428. The highest BCUT2D eigenvalue weighted by atomic mass is 16.7. The second-order valence-corrected chi connectivity index (χ2v) is 3.96. The maximum Gasteiger partial charge on any atom is 0.338 e. The molecule has 0 aliphatic carbocycles. The fraction of sp³-hybridized carbons (Fsp3) is 0.385. The molecule has 0 amide bonds. The maximum atomic E-state index is 11.6. The van der Waals surface area contributed by atoms with E-state index in [0.717, 1.165) is 0 Å². The molecule has 1 aliphatic heterocycles. The largest absolute Gasteiger partial charge is 0.457 e. The minimum Gasteiger partial charge on any atom is -0.457 e. The van der Waals surface area contributed by atoms with Crippen LogP contribution >= 0.6 is 0 Å². The van der Waals surface area contributed by atoms with Crippen molar-refractivity contribution in [3.63, 3.8) is 0 Å². The Kier molecular flexibility index (Phi) is 4.07. The Morgan fingerprint density at radius 1 is 1.33 bits per heavy atom. The molecule has 1 aliphatic rings. The normalized spacial score (nSPS) is 22.7. The molecule has 2 atom stereocenters. The first-order valence-corrected chi connectivity index (χ1v) is 5.66. The standard InChI is InChI=1S/C13H14O5/c1-9(14)11-7-16-12(18-11)8-17-13(15)10-5-3-2-4-6-10/h2-6,11-12H,7-8H2,1H3/t11-,12+/m0/s1. The predicted octanol–water partition coefficient (Wildman–Crippen LogP) is 1.17. The molecule has 1 fully saturated rings. The van der Waals surface area contributed by atoms with E-state index < -0.39 is 18.4 Å². The van der Waals surface area contributed by atoms with Crippen LogP contribution in [0.3, 0.4) is 0 Å². The summed E-state index contributed by atoms with van der Waals surface area (Å²) in [6, 6.07) is 8.65. The number of carbonyl (C=O) groups excluding carboxylic acids is 2. The van der Waals surface area contributed by atoms with Crippen molar-refractivity contribution < 1.29 is 23.8 Å². The van der Waals surface area contributed by atoms with Crippen molar-refractivity contribution in [3.8, 4) is 0 Å². The van der Waals surface area contributed by atoms with Gasteiger partial charge in [0.1, 0.15) is 12.7 Å². The number of carbonyl (C=O) groups is 2. The van der Waals surface area contributed by atoms with Gasteiger partial charge in [-0.3, -0.25) is 4.79 Å². The van der Waals surface area contributed by atoms with Gasteiger partial charge in [-0.2, -0.15) is 0 Å². The minimum absolute atomic E-state index is 0.0164.